The quantitative estimate of drug-likeness (QED) is 0.904. The summed E-state index contributed by atoms with van der Waals surface area (Å²) in [5, 5.41) is 4.11. The Labute approximate surface area is 108 Å². The average molecular weight is 262 g/mol. The number of halogens is 2. The van der Waals surface area contributed by atoms with Crippen LogP contribution in [0.15, 0.2) is 24.3 Å². The Morgan fingerprint density at radius 1 is 1.44 bits per heavy atom. The first kappa shape index (κ1) is 13.8. The van der Waals surface area contributed by atoms with Crippen molar-refractivity contribution in [3.63, 3.8) is 0 Å². The molecule has 0 radical (unpaired) electrons. The molecule has 0 aliphatic carbocycles. The number of rotatable bonds is 3. The normalized spacial score (nSPS) is 20.2. The molecule has 1 aliphatic heterocycles. The monoisotopic (exact) mass is 261 g/mol. The van der Waals surface area contributed by atoms with Crippen LogP contribution in [-0.4, -0.2) is 19.2 Å². The molecule has 1 N–H and O–H groups in total. The summed E-state index contributed by atoms with van der Waals surface area (Å²) in [4.78, 5) is 0. The Morgan fingerprint density at radius 2 is 2.31 bits per heavy atom. The van der Waals surface area contributed by atoms with E-state index >= 15 is 0 Å². The van der Waals surface area contributed by atoms with Crippen molar-refractivity contribution in [2.45, 2.75) is 25.6 Å². The molecule has 0 aromatic heterocycles. The summed E-state index contributed by atoms with van der Waals surface area (Å²) in [5.41, 5.74) is 1.15. The molecule has 90 valence electrons. The summed E-state index contributed by atoms with van der Waals surface area (Å²) in [6.45, 7) is 2.75. The molecule has 1 saturated heterocycles. The molecule has 4 heteroatoms. The third-order valence-corrected chi connectivity index (χ3v) is 2.86. The van der Waals surface area contributed by atoms with Crippen LogP contribution >= 0.6 is 24.0 Å². The van der Waals surface area contributed by atoms with Gasteiger partial charge in [-0.05, 0) is 37.1 Å². The molecule has 2 nitrogen and oxygen atoms in total. The molecule has 16 heavy (non-hydrogen) atoms. The van der Waals surface area contributed by atoms with E-state index < -0.39 is 0 Å². The maximum absolute atomic E-state index is 5.90. The molecular formula is C12H17Cl2NO. The molecule has 1 aliphatic rings. The van der Waals surface area contributed by atoms with Crippen molar-refractivity contribution >= 4 is 24.0 Å². The van der Waals surface area contributed by atoms with Gasteiger partial charge in [0, 0.05) is 11.6 Å². The first-order valence-corrected chi connectivity index (χ1v) is 5.79. The lowest BCUT2D eigenvalue weighted by atomic mass is 10.1. The molecule has 0 amide bonds. The third-order valence-electron chi connectivity index (χ3n) is 2.63. The van der Waals surface area contributed by atoms with Gasteiger partial charge in [0.1, 0.15) is 0 Å². The minimum absolute atomic E-state index is 0. The van der Waals surface area contributed by atoms with Gasteiger partial charge < -0.3 is 10.1 Å². The van der Waals surface area contributed by atoms with Gasteiger partial charge in [-0.1, -0.05) is 23.7 Å². The number of piperidine rings is 1. The summed E-state index contributed by atoms with van der Waals surface area (Å²) in [6.07, 6.45) is 2.73. The Bertz CT molecular complexity index is 314. The van der Waals surface area contributed by atoms with E-state index in [1.165, 1.54) is 6.42 Å². The molecule has 1 heterocycles. The largest absolute Gasteiger partial charge is 0.372 e. The lowest BCUT2D eigenvalue weighted by Crippen LogP contribution is -2.35. The van der Waals surface area contributed by atoms with Gasteiger partial charge in [-0.15, -0.1) is 12.4 Å². The van der Waals surface area contributed by atoms with Crippen molar-refractivity contribution in [2.24, 2.45) is 0 Å². The molecular weight excluding hydrogens is 245 g/mol. The molecule has 2 rings (SSSR count). The Hall–Kier alpha value is -0.280. The molecule has 0 saturated carbocycles. The van der Waals surface area contributed by atoms with Crippen LogP contribution in [0.4, 0.5) is 0 Å². The zero-order valence-corrected chi connectivity index (χ0v) is 10.7. The van der Waals surface area contributed by atoms with Crippen molar-refractivity contribution in [1.82, 2.24) is 5.32 Å². The highest BCUT2D eigenvalue weighted by atomic mass is 35.5. The fourth-order valence-electron chi connectivity index (χ4n) is 1.80. The van der Waals surface area contributed by atoms with Gasteiger partial charge >= 0.3 is 0 Å². The summed E-state index contributed by atoms with van der Waals surface area (Å²) < 4.78 is 5.80. The van der Waals surface area contributed by atoms with Crippen LogP contribution in [0.2, 0.25) is 5.02 Å². The highest BCUT2D eigenvalue weighted by Gasteiger charge is 2.12. The molecule has 1 aromatic carbocycles. The van der Waals surface area contributed by atoms with Crippen LogP contribution in [0.25, 0.3) is 0 Å². The van der Waals surface area contributed by atoms with E-state index in [0.29, 0.717) is 12.7 Å². The van der Waals surface area contributed by atoms with Crippen LogP contribution < -0.4 is 5.32 Å². The minimum Gasteiger partial charge on any atom is -0.372 e. The van der Waals surface area contributed by atoms with Crippen molar-refractivity contribution in [2.75, 3.05) is 13.1 Å². The number of hydrogen-bond donors (Lipinski definition) is 1. The van der Waals surface area contributed by atoms with Crippen LogP contribution in [0.3, 0.4) is 0 Å². The Kier molecular flexibility index (Phi) is 6.14. The molecule has 1 fully saturated rings. The van der Waals surface area contributed by atoms with Gasteiger partial charge in [0.05, 0.1) is 12.7 Å². The van der Waals surface area contributed by atoms with Crippen molar-refractivity contribution in [3.05, 3.63) is 34.9 Å². The van der Waals surface area contributed by atoms with Gasteiger partial charge in [0.25, 0.3) is 0 Å². The maximum Gasteiger partial charge on any atom is 0.0721 e. The number of nitrogens with one attached hydrogen (secondary N) is 1. The van der Waals surface area contributed by atoms with Crippen LogP contribution in [0.5, 0.6) is 0 Å². The van der Waals surface area contributed by atoms with Gasteiger partial charge in [-0.2, -0.15) is 0 Å². The minimum atomic E-state index is 0. The van der Waals surface area contributed by atoms with E-state index in [0.717, 1.165) is 30.1 Å². The number of ether oxygens (including phenoxy) is 1. The number of benzene rings is 1. The van der Waals surface area contributed by atoms with Crippen LogP contribution in [0.1, 0.15) is 18.4 Å². The van der Waals surface area contributed by atoms with Gasteiger partial charge in [-0.25, -0.2) is 0 Å². The van der Waals surface area contributed by atoms with Crippen molar-refractivity contribution < 1.29 is 4.74 Å². The van der Waals surface area contributed by atoms with E-state index in [1.54, 1.807) is 0 Å². The molecule has 0 spiro atoms. The summed E-state index contributed by atoms with van der Waals surface area (Å²) in [6, 6.07) is 7.84. The topological polar surface area (TPSA) is 21.3 Å². The summed E-state index contributed by atoms with van der Waals surface area (Å²) >= 11 is 5.90. The van der Waals surface area contributed by atoms with E-state index in [2.05, 4.69) is 5.32 Å². The predicted octanol–water partition coefficient (Wildman–Crippen LogP) is 3.03. The smallest absolute Gasteiger partial charge is 0.0721 e. The lowest BCUT2D eigenvalue weighted by molar-refractivity contribution is 0.0253. The second-order valence-electron chi connectivity index (χ2n) is 3.91. The summed E-state index contributed by atoms with van der Waals surface area (Å²) in [5.74, 6) is 0. The van der Waals surface area contributed by atoms with E-state index in [9.17, 15) is 0 Å². The van der Waals surface area contributed by atoms with Crippen LogP contribution in [-0.2, 0) is 11.3 Å². The maximum atomic E-state index is 5.90. The lowest BCUT2D eigenvalue weighted by Gasteiger charge is -2.23. The SMILES string of the molecule is Cl.Clc1cccc(COC2CCCNC2)c1. The fourth-order valence-corrected chi connectivity index (χ4v) is 2.02. The Balaban J connectivity index is 0.00000128. The summed E-state index contributed by atoms with van der Waals surface area (Å²) in [7, 11) is 0. The van der Waals surface area contributed by atoms with Gasteiger partial charge in [0.2, 0.25) is 0 Å². The average Bonchev–Trinajstić information content (AvgIpc) is 2.28. The molecule has 0 bridgehead atoms. The number of hydrogen-bond acceptors (Lipinski definition) is 2. The first-order valence-electron chi connectivity index (χ1n) is 5.41. The standard InChI is InChI=1S/C12H16ClNO.ClH/c13-11-4-1-3-10(7-11)9-15-12-5-2-6-14-8-12;/h1,3-4,7,12,14H,2,5-6,8-9H2;1H. The molecule has 1 unspecified atom stereocenters. The van der Waals surface area contributed by atoms with E-state index in [1.807, 2.05) is 24.3 Å². The van der Waals surface area contributed by atoms with Gasteiger partial charge in [-0.3, -0.25) is 0 Å². The van der Waals surface area contributed by atoms with E-state index in [-0.39, 0.29) is 12.4 Å². The first-order chi connectivity index (χ1) is 7.34. The van der Waals surface area contributed by atoms with Crippen molar-refractivity contribution in [3.8, 4) is 0 Å². The van der Waals surface area contributed by atoms with Crippen LogP contribution in [0, 0.1) is 0 Å². The predicted molar refractivity (Wildman–Crippen MR) is 69.4 cm³/mol. The van der Waals surface area contributed by atoms with Crippen molar-refractivity contribution in [1.29, 1.82) is 0 Å². The van der Waals surface area contributed by atoms with Gasteiger partial charge in [0.15, 0.2) is 0 Å². The highest BCUT2D eigenvalue weighted by Crippen LogP contribution is 2.14. The fraction of sp³-hybridized carbons (Fsp3) is 0.500. The third kappa shape index (κ3) is 4.30. The molecule has 1 aromatic rings. The zero-order chi connectivity index (χ0) is 10.5. The van der Waals surface area contributed by atoms with E-state index in [4.69, 9.17) is 16.3 Å². The highest BCUT2D eigenvalue weighted by molar-refractivity contribution is 6.30. The second-order valence-corrected chi connectivity index (χ2v) is 4.35. The second kappa shape index (κ2) is 7.13. The zero-order valence-electron chi connectivity index (χ0n) is 9.12. The molecule has 1 atom stereocenters. The Morgan fingerprint density at radius 3 is 3.00 bits per heavy atom.